The average Bonchev–Trinajstić information content (AvgIpc) is 2.82. The highest BCUT2D eigenvalue weighted by Gasteiger charge is 2.06. The highest BCUT2D eigenvalue weighted by atomic mass is 79.9. The van der Waals surface area contributed by atoms with E-state index in [9.17, 15) is 4.79 Å². The Morgan fingerprint density at radius 2 is 1.94 bits per heavy atom. The third kappa shape index (κ3) is 3.23. The van der Waals surface area contributed by atoms with Crippen molar-refractivity contribution in [1.29, 1.82) is 0 Å². The number of hydrogen-bond donors (Lipinski definition) is 1. The Balaban J connectivity index is 1.94. The topological polar surface area (TPSA) is 42.2 Å². The van der Waals surface area contributed by atoms with Crippen LogP contribution in [-0.4, -0.2) is 5.91 Å². The first-order valence-electron chi connectivity index (χ1n) is 5.67. The predicted octanol–water partition coefficient (Wildman–Crippen LogP) is 3.41. The molecule has 0 aliphatic heterocycles. The van der Waals surface area contributed by atoms with Gasteiger partial charge in [-0.15, -0.1) is 0 Å². The van der Waals surface area contributed by atoms with Crippen molar-refractivity contribution < 1.29 is 9.21 Å². The second kappa shape index (κ2) is 5.87. The molecule has 0 atom stereocenters. The molecule has 0 spiro atoms. The van der Waals surface area contributed by atoms with Gasteiger partial charge in [-0.3, -0.25) is 4.79 Å². The van der Waals surface area contributed by atoms with Crippen molar-refractivity contribution in [3.05, 3.63) is 59.0 Å². The molecule has 1 aromatic heterocycles. The lowest BCUT2D eigenvalue weighted by Gasteiger charge is -2.04. The second-order valence-electron chi connectivity index (χ2n) is 4.03. The van der Waals surface area contributed by atoms with Crippen LogP contribution in [0.1, 0.15) is 27.4 Å². The summed E-state index contributed by atoms with van der Waals surface area (Å²) in [6, 6.07) is 11.2. The van der Waals surface area contributed by atoms with Crippen LogP contribution < -0.4 is 5.32 Å². The molecule has 0 aliphatic carbocycles. The van der Waals surface area contributed by atoms with Crippen molar-refractivity contribution >= 4 is 21.8 Å². The molecule has 0 aliphatic rings. The maximum absolute atomic E-state index is 11.9. The van der Waals surface area contributed by atoms with E-state index < -0.39 is 0 Å². The number of rotatable bonds is 4. The monoisotopic (exact) mass is 307 g/mol. The van der Waals surface area contributed by atoms with Crippen LogP contribution >= 0.6 is 15.9 Å². The van der Waals surface area contributed by atoms with E-state index in [-0.39, 0.29) is 5.91 Å². The summed E-state index contributed by atoms with van der Waals surface area (Å²) in [6.45, 7) is 2.29. The maximum Gasteiger partial charge on any atom is 0.251 e. The van der Waals surface area contributed by atoms with Gasteiger partial charge in [0.1, 0.15) is 11.5 Å². The summed E-state index contributed by atoms with van der Waals surface area (Å²) < 4.78 is 5.39. The van der Waals surface area contributed by atoms with E-state index in [2.05, 4.69) is 21.2 Å². The number of hydrogen-bond acceptors (Lipinski definition) is 2. The molecule has 0 radical (unpaired) electrons. The van der Waals surface area contributed by atoms with Crippen LogP contribution in [0.4, 0.5) is 0 Å². The van der Waals surface area contributed by atoms with Gasteiger partial charge in [-0.1, -0.05) is 28.1 Å². The molecule has 0 unspecified atom stereocenters. The minimum atomic E-state index is -0.0924. The molecule has 3 nitrogen and oxygen atoms in total. The quantitative estimate of drug-likeness (QED) is 0.880. The molecule has 18 heavy (non-hydrogen) atoms. The zero-order valence-corrected chi connectivity index (χ0v) is 11.7. The Bertz CT molecular complexity index is 531. The summed E-state index contributed by atoms with van der Waals surface area (Å²) in [7, 11) is 0. The van der Waals surface area contributed by atoms with Gasteiger partial charge in [-0.2, -0.15) is 0 Å². The van der Waals surface area contributed by atoms with Gasteiger partial charge < -0.3 is 9.73 Å². The SMILES string of the molecule is Cc1ccc(CNC(=O)c2ccc(CBr)cc2)o1. The lowest BCUT2D eigenvalue weighted by Crippen LogP contribution is -2.22. The predicted molar refractivity (Wildman–Crippen MR) is 73.7 cm³/mol. The molecule has 2 aromatic rings. The van der Waals surface area contributed by atoms with Crippen molar-refractivity contribution in [2.75, 3.05) is 0 Å². The molecule has 0 fully saturated rings. The fraction of sp³-hybridized carbons (Fsp3) is 0.214. The number of nitrogens with one attached hydrogen (secondary N) is 1. The molecule has 4 heteroatoms. The van der Waals surface area contributed by atoms with Gasteiger partial charge in [0.2, 0.25) is 0 Å². The van der Waals surface area contributed by atoms with E-state index in [1.807, 2.05) is 43.3 Å². The Kier molecular flexibility index (Phi) is 4.20. The van der Waals surface area contributed by atoms with Crippen LogP contribution in [0.3, 0.4) is 0 Å². The number of carbonyl (C=O) groups excluding carboxylic acids is 1. The molecule has 1 amide bonds. The van der Waals surface area contributed by atoms with Crippen molar-refractivity contribution in [1.82, 2.24) is 5.32 Å². The lowest BCUT2D eigenvalue weighted by molar-refractivity contribution is 0.0948. The molecule has 1 heterocycles. The van der Waals surface area contributed by atoms with E-state index in [0.29, 0.717) is 12.1 Å². The van der Waals surface area contributed by atoms with Crippen LogP contribution in [0.15, 0.2) is 40.8 Å². The smallest absolute Gasteiger partial charge is 0.251 e. The Morgan fingerprint density at radius 3 is 2.50 bits per heavy atom. The fourth-order valence-electron chi connectivity index (χ4n) is 1.59. The van der Waals surface area contributed by atoms with Crippen molar-refractivity contribution in [3.63, 3.8) is 0 Å². The second-order valence-corrected chi connectivity index (χ2v) is 4.59. The zero-order chi connectivity index (χ0) is 13.0. The molecular weight excluding hydrogens is 294 g/mol. The summed E-state index contributed by atoms with van der Waals surface area (Å²) in [5, 5.41) is 3.61. The van der Waals surface area contributed by atoms with Gasteiger partial charge in [0.05, 0.1) is 6.54 Å². The number of benzene rings is 1. The van der Waals surface area contributed by atoms with Crippen molar-refractivity contribution in [2.24, 2.45) is 0 Å². The van der Waals surface area contributed by atoms with E-state index in [4.69, 9.17) is 4.42 Å². The number of furan rings is 1. The molecule has 94 valence electrons. The molecule has 0 bridgehead atoms. The van der Waals surface area contributed by atoms with Gasteiger partial charge in [-0.05, 0) is 36.8 Å². The largest absolute Gasteiger partial charge is 0.465 e. The third-order valence-corrected chi connectivity index (χ3v) is 3.24. The summed E-state index contributed by atoms with van der Waals surface area (Å²) in [5.41, 5.74) is 1.80. The summed E-state index contributed by atoms with van der Waals surface area (Å²) in [6.07, 6.45) is 0. The molecule has 2 rings (SSSR count). The van der Waals surface area contributed by atoms with E-state index >= 15 is 0 Å². The summed E-state index contributed by atoms with van der Waals surface area (Å²) in [5.74, 6) is 1.52. The fourth-order valence-corrected chi connectivity index (χ4v) is 1.97. The maximum atomic E-state index is 11.9. The lowest BCUT2D eigenvalue weighted by atomic mass is 10.1. The summed E-state index contributed by atoms with van der Waals surface area (Å²) >= 11 is 3.37. The van der Waals surface area contributed by atoms with Crippen LogP contribution in [-0.2, 0) is 11.9 Å². The third-order valence-electron chi connectivity index (χ3n) is 2.59. The van der Waals surface area contributed by atoms with Crippen molar-refractivity contribution in [2.45, 2.75) is 18.8 Å². The highest BCUT2D eigenvalue weighted by molar-refractivity contribution is 9.08. The number of halogens is 1. The highest BCUT2D eigenvalue weighted by Crippen LogP contribution is 2.09. The first kappa shape index (κ1) is 12.9. The van der Waals surface area contributed by atoms with Gasteiger partial charge >= 0.3 is 0 Å². The van der Waals surface area contributed by atoms with Gasteiger partial charge in [0.25, 0.3) is 5.91 Å². The van der Waals surface area contributed by atoms with Gasteiger partial charge in [-0.25, -0.2) is 0 Å². The van der Waals surface area contributed by atoms with Gasteiger partial charge in [0, 0.05) is 10.9 Å². The molecule has 0 saturated heterocycles. The van der Waals surface area contributed by atoms with Crippen LogP contribution in [0.5, 0.6) is 0 Å². The number of alkyl halides is 1. The van der Waals surface area contributed by atoms with Crippen LogP contribution in [0.2, 0.25) is 0 Å². The Labute approximate surface area is 114 Å². The first-order chi connectivity index (χ1) is 8.69. The van der Waals surface area contributed by atoms with E-state index in [0.717, 1.165) is 22.4 Å². The molecule has 1 aromatic carbocycles. The Morgan fingerprint density at radius 1 is 1.22 bits per heavy atom. The standard InChI is InChI=1S/C14H14BrNO2/c1-10-2-7-13(18-10)9-16-14(17)12-5-3-11(8-15)4-6-12/h2-7H,8-9H2,1H3,(H,16,17). The average molecular weight is 308 g/mol. The normalized spacial score (nSPS) is 10.3. The molecule has 0 saturated carbocycles. The number of carbonyl (C=O) groups is 1. The van der Waals surface area contributed by atoms with E-state index in [1.165, 1.54) is 0 Å². The number of aryl methyl sites for hydroxylation is 1. The molecular formula is C14H14BrNO2. The minimum Gasteiger partial charge on any atom is -0.465 e. The number of amides is 1. The van der Waals surface area contributed by atoms with Gasteiger partial charge in [0.15, 0.2) is 0 Å². The van der Waals surface area contributed by atoms with Crippen molar-refractivity contribution in [3.8, 4) is 0 Å². The Hall–Kier alpha value is -1.55. The zero-order valence-electron chi connectivity index (χ0n) is 10.1. The molecule has 1 N–H and O–H groups in total. The van der Waals surface area contributed by atoms with Crippen LogP contribution in [0, 0.1) is 6.92 Å². The van der Waals surface area contributed by atoms with Crippen LogP contribution in [0.25, 0.3) is 0 Å². The summed E-state index contributed by atoms with van der Waals surface area (Å²) in [4.78, 5) is 11.9. The minimum absolute atomic E-state index is 0.0924. The first-order valence-corrected chi connectivity index (χ1v) is 6.79. The van der Waals surface area contributed by atoms with E-state index in [1.54, 1.807) is 0 Å².